The molecule has 2 heterocycles. The predicted molar refractivity (Wildman–Crippen MR) is 74.9 cm³/mol. The molecular formula is C14H10ClN3O3. The van der Waals surface area contributed by atoms with Crippen LogP contribution in [-0.2, 0) is 11.3 Å². The topological polar surface area (TPSA) is 78.1 Å². The Morgan fingerprint density at radius 3 is 2.90 bits per heavy atom. The normalized spacial score (nSPS) is 10.8. The van der Waals surface area contributed by atoms with Gasteiger partial charge in [0.25, 0.3) is 5.89 Å². The van der Waals surface area contributed by atoms with Crippen LogP contribution in [0.15, 0.2) is 34.9 Å². The van der Waals surface area contributed by atoms with Crippen molar-refractivity contribution in [2.45, 2.75) is 13.5 Å². The van der Waals surface area contributed by atoms with Crippen molar-refractivity contribution in [3.63, 3.8) is 0 Å². The van der Waals surface area contributed by atoms with Gasteiger partial charge in [-0.15, -0.1) is 0 Å². The Hall–Kier alpha value is -2.47. The van der Waals surface area contributed by atoms with Crippen molar-refractivity contribution in [1.82, 2.24) is 15.1 Å². The van der Waals surface area contributed by atoms with E-state index in [1.54, 1.807) is 37.3 Å². The maximum Gasteiger partial charge on any atom is 0.338 e. The van der Waals surface area contributed by atoms with E-state index >= 15 is 0 Å². The second-order valence-electron chi connectivity index (χ2n) is 4.35. The molecule has 0 saturated heterocycles. The lowest BCUT2D eigenvalue weighted by atomic mass is 10.1. The minimum atomic E-state index is -0.470. The lowest BCUT2D eigenvalue weighted by Gasteiger charge is -2.03. The number of aryl methyl sites for hydroxylation is 1. The molecule has 106 valence electrons. The predicted octanol–water partition coefficient (Wildman–Crippen LogP) is 2.94. The zero-order chi connectivity index (χ0) is 14.8. The fourth-order valence-corrected chi connectivity index (χ4v) is 1.99. The summed E-state index contributed by atoms with van der Waals surface area (Å²) in [7, 11) is 0. The van der Waals surface area contributed by atoms with Gasteiger partial charge in [-0.1, -0.05) is 16.8 Å². The van der Waals surface area contributed by atoms with Crippen molar-refractivity contribution in [2.24, 2.45) is 0 Å². The van der Waals surface area contributed by atoms with E-state index in [4.69, 9.17) is 20.9 Å². The molecule has 6 nitrogen and oxygen atoms in total. The van der Waals surface area contributed by atoms with Gasteiger partial charge < -0.3 is 9.26 Å². The molecule has 1 aromatic carbocycles. The number of carbonyl (C=O) groups is 1. The zero-order valence-corrected chi connectivity index (χ0v) is 11.8. The molecule has 0 bridgehead atoms. The van der Waals surface area contributed by atoms with E-state index in [0.29, 0.717) is 22.1 Å². The number of benzene rings is 1. The summed E-state index contributed by atoms with van der Waals surface area (Å²) in [6.45, 7) is 1.63. The molecule has 0 aliphatic rings. The van der Waals surface area contributed by atoms with Gasteiger partial charge in [-0.05, 0) is 37.3 Å². The van der Waals surface area contributed by atoms with E-state index in [-0.39, 0.29) is 12.5 Å². The number of pyridine rings is 1. The first kappa shape index (κ1) is 13.5. The fourth-order valence-electron chi connectivity index (χ4n) is 1.84. The monoisotopic (exact) mass is 303 g/mol. The lowest BCUT2D eigenvalue weighted by Crippen LogP contribution is -2.05. The van der Waals surface area contributed by atoms with Crippen LogP contribution in [0, 0.1) is 6.92 Å². The van der Waals surface area contributed by atoms with Gasteiger partial charge in [0.05, 0.1) is 11.1 Å². The number of carbonyl (C=O) groups excluding carboxylic acids is 1. The maximum absolute atomic E-state index is 12.0. The number of halogens is 1. The summed E-state index contributed by atoms with van der Waals surface area (Å²) in [4.78, 5) is 20.1. The Bertz CT molecular complexity index is 816. The molecule has 0 fully saturated rings. The van der Waals surface area contributed by atoms with Crippen LogP contribution >= 0.6 is 11.6 Å². The minimum Gasteiger partial charge on any atom is -0.452 e. The number of aromatic nitrogens is 3. The molecule has 0 saturated carbocycles. The Balaban J connectivity index is 1.76. The van der Waals surface area contributed by atoms with Gasteiger partial charge in [0.1, 0.15) is 5.15 Å². The second-order valence-corrected chi connectivity index (χ2v) is 4.74. The largest absolute Gasteiger partial charge is 0.452 e. The number of nitrogens with zero attached hydrogens (tertiary/aromatic N) is 3. The molecule has 0 N–H and O–H groups in total. The molecule has 0 aliphatic heterocycles. The standard InChI is InChI=1S/C14H10ClN3O3/c1-8-16-13(21-18-8)7-20-14(19)10-2-4-11-9(6-10)3-5-12(15)17-11/h2-6H,7H2,1H3. The second kappa shape index (κ2) is 5.49. The van der Waals surface area contributed by atoms with Crippen LogP contribution in [0.4, 0.5) is 0 Å². The average Bonchev–Trinajstić information content (AvgIpc) is 2.90. The highest BCUT2D eigenvalue weighted by atomic mass is 35.5. The van der Waals surface area contributed by atoms with Crippen molar-refractivity contribution in [1.29, 1.82) is 0 Å². The number of hydrogen-bond donors (Lipinski definition) is 0. The molecule has 0 atom stereocenters. The van der Waals surface area contributed by atoms with Crippen molar-refractivity contribution in [3.8, 4) is 0 Å². The summed E-state index contributed by atoms with van der Waals surface area (Å²) in [5, 5.41) is 4.83. The van der Waals surface area contributed by atoms with Gasteiger partial charge in [0.15, 0.2) is 12.4 Å². The quantitative estimate of drug-likeness (QED) is 0.547. The minimum absolute atomic E-state index is 0.0590. The first-order valence-corrected chi connectivity index (χ1v) is 6.52. The number of fused-ring (bicyclic) bond motifs is 1. The molecule has 7 heteroatoms. The first-order chi connectivity index (χ1) is 10.1. The molecule has 0 unspecified atom stereocenters. The van der Waals surface area contributed by atoms with Crippen LogP contribution in [0.2, 0.25) is 5.15 Å². The van der Waals surface area contributed by atoms with E-state index in [1.165, 1.54) is 0 Å². The molecule has 2 aromatic heterocycles. The van der Waals surface area contributed by atoms with E-state index in [0.717, 1.165) is 5.39 Å². The molecule has 0 spiro atoms. The van der Waals surface area contributed by atoms with Gasteiger partial charge in [-0.3, -0.25) is 0 Å². The van der Waals surface area contributed by atoms with Crippen LogP contribution in [0.25, 0.3) is 10.9 Å². The highest BCUT2D eigenvalue weighted by Crippen LogP contribution is 2.17. The average molecular weight is 304 g/mol. The smallest absolute Gasteiger partial charge is 0.338 e. The van der Waals surface area contributed by atoms with E-state index < -0.39 is 5.97 Å². The third-order valence-electron chi connectivity index (χ3n) is 2.79. The third-order valence-corrected chi connectivity index (χ3v) is 3.00. The summed E-state index contributed by atoms with van der Waals surface area (Å²) in [6.07, 6.45) is 0. The summed E-state index contributed by atoms with van der Waals surface area (Å²) in [6, 6.07) is 8.50. The van der Waals surface area contributed by atoms with Gasteiger partial charge in [-0.25, -0.2) is 9.78 Å². The molecule has 0 aliphatic carbocycles. The number of ether oxygens (including phenoxy) is 1. The van der Waals surface area contributed by atoms with Gasteiger partial charge >= 0.3 is 5.97 Å². The number of rotatable bonds is 3. The molecule has 3 aromatic rings. The fraction of sp³-hybridized carbons (Fsp3) is 0.143. The summed E-state index contributed by atoms with van der Waals surface area (Å²) in [5.74, 6) is 0.285. The highest BCUT2D eigenvalue weighted by molar-refractivity contribution is 6.29. The zero-order valence-electron chi connectivity index (χ0n) is 11.0. The lowest BCUT2D eigenvalue weighted by molar-refractivity contribution is 0.0430. The third kappa shape index (κ3) is 3.00. The van der Waals surface area contributed by atoms with Crippen LogP contribution < -0.4 is 0 Å². The van der Waals surface area contributed by atoms with E-state index in [2.05, 4.69) is 15.1 Å². The number of esters is 1. The SMILES string of the molecule is Cc1noc(COC(=O)c2ccc3nc(Cl)ccc3c2)n1. The highest BCUT2D eigenvalue weighted by Gasteiger charge is 2.11. The van der Waals surface area contributed by atoms with E-state index in [1.807, 2.05) is 0 Å². The van der Waals surface area contributed by atoms with Gasteiger partial charge in [-0.2, -0.15) is 4.98 Å². The van der Waals surface area contributed by atoms with Crippen LogP contribution in [0.3, 0.4) is 0 Å². The molecule has 0 amide bonds. The summed E-state index contributed by atoms with van der Waals surface area (Å²) in [5.41, 5.74) is 1.13. The van der Waals surface area contributed by atoms with Gasteiger partial charge in [0.2, 0.25) is 0 Å². The summed E-state index contributed by atoms with van der Waals surface area (Å²) >= 11 is 5.81. The summed E-state index contributed by atoms with van der Waals surface area (Å²) < 4.78 is 9.99. The van der Waals surface area contributed by atoms with Gasteiger partial charge in [0, 0.05) is 5.39 Å². The first-order valence-electron chi connectivity index (χ1n) is 6.14. The Morgan fingerprint density at radius 1 is 1.29 bits per heavy atom. The van der Waals surface area contributed by atoms with Crippen LogP contribution in [0.1, 0.15) is 22.1 Å². The molecular weight excluding hydrogens is 294 g/mol. The number of hydrogen-bond acceptors (Lipinski definition) is 6. The Kier molecular flexibility index (Phi) is 3.53. The molecule has 3 rings (SSSR count). The molecule has 0 radical (unpaired) electrons. The maximum atomic E-state index is 12.0. The Morgan fingerprint density at radius 2 is 2.14 bits per heavy atom. The Labute approximate surface area is 124 Å². The van der Waals surface area contributed by atoms with Crippen LogP contribution in [-0.4, -0.2) is 21.1 Å². The molecule has 21 heavy (non-hydrogen) atoms. The van der Waals surface area contributed by atoms with Crippen molar-refractivity contribution < 1.29 is 14.1 Å². The van der Waals surface area contributed by atoms with Crippen LogP contribution in [0.5, 0.6) is 0 Å². The van der Waals surface area contributed by atoms with Crippen molar-refractivity contribution in [3.05, 3.63) is 52.8 Å². The van der Waals surface area contributed by atoms with Crippen molar-refractivity contribution >= 4 is 28.5 Å². The van der Waals surface area contributed by atoms with E-state index in [9.17, 15) is 4.79 Å². The van der Waals surface area contributed by atoms with Crippen molar-refractivity contribution in [2.75, 3.05) is 0 Å².